The fourth-order valence-electron chi connectivity index (χ4n) is 2.83. The van der Waals surface area contributed by atoms with Crippen molar-refractivity contribution >= 4 is 49.2 Å². The zero-order valence-electron chi connectivity index (χ0n) is 16.3. The number of nitrogens with zero attached hydrogens (tertiary/aromatic N) is 1. The summed E-state index contributed by atoms with van der Waals surface area (Å²) in [7, 11) is 0. The van der Waals surface area contributed by atoms with E-state index in [0.717, 1.165) is 10.3 Å². The molecular formula is C22H18N2O4S2. The molecule has 1 N–H and O–H groups in total. The van der Waals surface area contributed by atoms with Gasteiger partial charge in [-0.1, -0.05) is 35.6 Å². The third-order valence-corrected chi connectivity index (χ3v) is 6.62. The number of amides is 1. The third kappa shape index (κ3) is 4.19. The molecule has 0 unspecified atom stereocenters. The van der Waals surface area contributed by atoms with Crippen LogP contribution in [-0.4, -0.2) is 23.5 Å². The van der Waals surface area contributed by atoms with Crippen LogP contribution in [0.3, 0.4) is 0 Å². The first kappa shape index (κ1) is 20.1. The molecule has 0 bridgehead atoms. The third-order valence-electron chi connectivity index (χ3n) is 4.23. The number of aromatic nitrogens is 1. The number of fused-ring (bicyclic) bond motifs is 1. The average molecular weight is 439 g/mol. The molecular weight excluding hydrogens is 420 g/mol. The zero-order valence-corrected chi connectivity index (χ0v) is 17.9. The van der Waals surface area contributed by atoms with Crippen molar-refractivity contribution in [2.45, 2.75) is 13.8 Å². The Bertz CT molecular complexity index is 1210. The molecule has 0 aliphatic heterocycles. The number of anilines is 1. The van der Waals surface area contributed by atoms with E-state index in [1.807, 2.05) is 37.3 Å². The van der Waals surface area contributed by atoms with Gasteiger partial charge in [-0.05, 0) is 49.7 Å². The lowest BCUT2D eigenvalue weighted by atomic mass is 10.2. The van der Waals surface area contributed by atoms with Crippen molar-refractivity contribution in [1.29, 1.82) is 0 Å². The van der Waals surface area contributed by atoms with Crippen molar-refractivity contribution in [2.75, 3.05) is 11.9 Å². The number of thiazole rings is 1. The second kappa shape index (κ2) is 8.64. The van der Waals surface area contributed by atoms with Gasteiger partial charge in [-0.15, -0.1) is 11.3 Å². The molecule has 0 aliphatic rings. The number of nitrogens with one attached hydrogen (secondary N) is 1. The maximum atomic E-state index is 12.7. The summed E-state index contributed by atoms with van der Waals surface area (Å²) in [5.74, 6) is 0.649. The highest BCUT2D eigenvalue weighted by Gasteiger charge is 2.20. The van der Waals surface area contributed by atoms with Crippen molar-refractivity contribution in [1.82, 2.24) is 4.98 Å². The summed E-state index contributed by atoms with van der Waals surface area (Å²) in [6.45, 7) is 3.96. The molecule has 1 amide bonds. The lowest BCUT2D eigenvalue weighted by molar-refractivity contribution is 0.0531. The molecule has 0 radical (unpaired) electrons. The first-order valence-electron chi connectivity index (χ1n) is 9.26. The van der Waals surface area contributed by atoms with Gasteiger partial charge in [0.2, 0.25) is 0 Å². The fraction of sp³-hybridized carbons (Fsp3) is 0.136. The van der Waals surface area contributed by atoms with Crippen LogP contribution in [0.25, 0.3) is 9.53 Å². The van der Waals surface area contributed by atoms with Crippen molar-refractivity contribution in [3.8, 4) is 11.5 Å². The number of esters is 1. The van der Waals surface area contributed by atoms with Gasteiger partial charge in [0.1, 0.15) is 21.2 Å². The molecule has 0 fully saturated rings. The topological polar surface area (TPSA) is 77.5 Å². The summed E-state index contributed by atoms with van der Waals surface area (Å²) in [4.78, 5) is 30.4. The number of thiophene rings is 1. The van der Waals surface area contributed by atoms with Crippen molar-refractivity contribution in [3.05, 3.63) is 70.6 Å². The molecule has 0 spiro atoms. The summed E-state index contributed by atoms with van der Waals surface area (Å²) in [5, 5.41) is 3.31. The Kier molecular flexibility index (Phi) is 5.78. The Morgan fingerprint density at radius 2 is 1.80 bits per heavy atom. The van der Waals surface area contributed by atoms with Gasteiger partial charge < -0.3 is 9.47 Å². The van der Waals surface area contributed by atoms with Crippen molar-refractivity contribution in [2.24, 2.45) is 0 Å². The van der Waals surface area contributed by atoms with E-state index in [4.69, 9.17) is 9.47 Å². The van der Waals surface area contributed by atoms with Crippen LogP contribution in [0.1, 0.15) is 32.5 Å². The smallest absolute Gasteiger partial charge is 0.348 e. The summed E-state index contributed by atoms with van der Waals surface area (Å²) < 4.78 is 11.7. The average Bonchev–Trinajstić information content (AvgIpc) is 3.27. The number of hydrogen-bond donors (Lipinski definition) is 1. The highest BCUT2D eigenvalue weighted by atomic mass is 32.1. The number of ether oxygens (including phenoxy) is 2. The maximum absolute atomic E-state index is 12.7. The number of aryl methyl sites for hydroxylation is 1. The molecule has 30 heavy (non-hydrogen) atoms. The maximum Gasteiger partial charge on any atom is 0.348 e. The van der Waals surface area contributed by atoms with Gasteiger partial charge in [0.25, 0.3) is 5.91 Å². The minimum Gasteiger partial charge on any atom is -0.462 e. The molecule has 0 saturated carbocycles. The lowest BCUT2D eigenvalue weighted by Gasteiger charge is -2.07. The number of carbonyl (C=O) groups is 2. The molecule has 0 saturated heterocycles. The first-order valence-corrected chi connectivity index (χ1v) is 10.9. The Labute approximate surface area is 181 Å². The van der Waals surface area contributed by atoms with Gasteiger partial charge in [0, 0.05) is 5.56 Å². The number of para-hydroxylation sites is 1. The Morgan fingerprint density at radius 3 is 2.53 bits per heavy atom. The number of hydrogen-bond acceptors (Lipinski definition) is 7. The van der Waals surface area contributed by atoms with E-state index in [2.05, 4.69) is 10.3 Å². The molecule has 4 rings (SSSR count). The monoisotopic (exact) mass is 438 g/mol. The van der Waals surface area contributed by atoms with Crippen molar-refractivity contribution in [3.63, 3.8) is 0 Å². The van der Waals surface area contributed by atoms with E-state index in [-0.39, 0.29) is 11.9 Å². The van der Waals surface area contributed by atoms with E-state index < -0.39 is 0 Å². The highest BCUT2D eigenvalue weighted by Crippen LogP contribution is 2.37. The van der Waals surface area contributed by atoms with E-state index >= 15 is 0 Å². The van der Waals surface area contributed by atoms with Gasteiger partial charge >= 0.3 is 5.97 Å². The SMILES string of the molecule is CCOC(=O)c1sc2nc(NC(=O)c3cccc(Oc4ccccc4)c3)sc2c1C. The molecule has 8 heteroatoms. The quantitative estimate of drug-likeness (QED) is 0.380. The van der Waals surface area contributed by atoms with Gasteiger partial charge in [0.15, 0.2) is 5.13 Å². The Balaban J connectivity index is 1.50. The Hall–Kier alpha value is -3.23. The second-order valence-corrected chi connectivity index (χ2v) is 8.33. The Morgan fingerprint density at radius 1 is 1.03 bits per heavy atom. The molecule has 2 heterocycles. The van der Waals surface area contributed by atoms with Gasteiger partial charge in [-0.2, -0.15) is 0 Å². The van der Waals surface area contributed by atoms with E-state index in [1.165, 1.54) is 22.7 Å². The highest BCUT2D eigenvalue weighted by molar-refractivity contribution is 7.30. The van der Waals surface area contributed by atoms with Gasteiger partial charge in [-0.3, -0.25) is 10.1 Å². The van der Waals surface area contributed by atoms with Gasteiger partial charge in [0.05, 0.1) is 11.3 Å². The molecule has 4 aromatic rings. The van der Waals surface area contributed by atoms with E-state index in [9.17, 15) is 9.59 Å². The van der Waals surface area contributed by atoms with E-state index in [0.29, 0.717) is 38.5 Å². The number of carbonyl (C=O) groups excluding carboxylic acids is 2. The molecule has 6 nitrogen and oxygen atoms in total. The van der Waals surface area contributed by atoms with Crippen LogP contribution in [-0.2, 0) is 4.74 Å². The number of rotatable bonds is 6. The molecule has 2 aromatic heterocycles. The summed E-state index contributed by atoms with van der Waals surface area (Å²) >= 11 is 2.61. The van der Waals surface area contributed by atoms with Crippen LogP contribution in [0.4, 0.5) is 5.13 Å². The van der Waals surface area contributed by atoms with Crippen LogP contribution >= 0.6 is 22.7 Å². The molecule has 2 aromatic carbocycles. The minimum absolute atomic E-state index is 0.279. The van der Waals surface area contributed by atoms with Gasteiger partial charge in [-0.25, -0.2) is 9.78 Å². The zero-order chi connectivity index (χ0) is 21.1. The largest absolute Gasteiger partial charge is 0.462 e. The summed E-state index contributed by atoms with van der Waals surface area (Å²) in [6.07, 6.45) is 0. The molecule has 0 aliphatic carbocycles. The summed E-state index contributed by atoms with van der Waals surface area (Å²) in [6, 6.07) is 16.3. The first-order chi connectivity index (χ1) is 14.5. The minimum atomic E-state index is -0.342. The van der Waals surface area contributed by atoms with E-state index in [1.54, 1.807) is 31.2 Å². The van der Waals surface area contributed by atoms with Crippen LogP contribution in [0.5, 0.6) is 11.5 Å². The van der Waals surface area contributed by atoms with Crippen LogP contribution in [0.15, 0.2) is 54.6 Å². The standard InChI is InChI=1S/C22H18N2O4S2/c1-3-27-21(26)18-13(2)17-20(29-18)24-22(30-17)23-19(25)14-8-7-11-16(12-14)28-15-9-5-4-6-10-15/h4-12H,3H2,1-2H3,(H,23,24,25). The fourth-order valence-corrected chi connectivity index (χ4v) is 5.04. The normalized spacial score (nSPS) is 10.7. The molecule has 152 valence electrons. The lowest BCUT2D eigenvalue weighted by Crippen LogP contribution is -2.11. The van der Waals surface area contributed by atoms with Crippen LogP contribution in [0.2, 0.25) is 0 Å². The predicted octanol–water partition coefficient (Wildman–Crippen LogP) is 5.89. The van der Waals surface area contributed by atoms with Crippen LogP contribution < -0.4 is 10.1 Å². The molecule has 0 atom stereocenters. The number of benzene rings is 2. The van der Waals surface area contributed by atoms with Crippen molar-refractivity contribution < 1.29 is 19.1 Å². The predicted molar refractivity (Wildman–Crippen MR) is 119 cm³/mol. The summed E-state index contributed by atoms with van der Waals surface area (Å²) in [5.41, 5.74) is 1.29. The second-order valence-electron chi connectivity index (χ2n) is 6.33. The van der Waals surface area contributed by atoms with Crippen LogP contribution in [0, 0.1) is 6.92 Å².